The maximum atomic E-state index is 12.9. The van der Waals surface area contributed by atoms with E-state index in [4.69, 9.17) is 16.3 Å². The highest BCUT2D eigenvalue weighted by atomic mass is 35.5. The van der Waals surface area contributed by atoms with E-state index in [1.54, 1.807) is 36.3 Å². The first-order chi connectivity index (χ1) is 14.2. The van der Waals surface area contributed by atoms with Gasteiger partial charge in [-0.1, -0.05) is 11.6 Å². The van der Waals surface area contributed by atoms with Crippen LogP contribution in [0.2, 0.25) is 5.02 Å². The van der Waals surface area contributed by atoms with Crippen molar-refractivity contribution < 1.29 is 27.5 Å². The Balaban J connectivity index is 1.59. The Morgan fingerprint density at radius 3 is 2.30 bits per heavy atom. The summed E-state index contributed by atoms with van der Waals surface area (Å²) in [6.07, 6.45) is -3.72. The summed E-state index contributed by atoms with van der Waals surface area (Å²) in [6.45, 7) is 0.749. The van der Waals surface area contributed by atoms with Crippen LogP contribution in [0.25, 0.3) is 0 Å². The van der Waals surface area contributed by atoms with Gasteiger partial charge in [0.15, 0.2) is 0 Å². The van der Waals surface area contributed by atoms with Crippen LogP contribution in [0.5, 0.6) is 5.75 Å². The Labute approximate surface area is 176 Å². The van der Waals surface area contributed by atoms with Gasteiger partial charge in [-0.3, -0.25) is 9.59 Å². The summed E-state index contributed by atoms with van der Waals surface area (Å²) in [7, 11) is 1.54. The number of ether oxygens (including phenoxy) is 1. The van der Waals surface area contributed by atoms with E-state index in [0.29, 0.717) is 37.2 Å². The van der Waals surface area contributed by atoms with Gasteiger partial charge >= 0.3 is 6.18 Å². The average Bonchev–Trinajstić information content (AvgIpc) is 2.74. The lowest BCUT2D eigenvalue weighted by atomic mass is 9.95. The minimum Gasteiger partial charge on any atom is -0.497 e. The molecule has 0 bridgehead atoms. The van der Waals surface area contributed by atoms with E-state index in [0.717, 1.165) is 18.2 Å². The van der Waals surface area contributed by atoms with Crippen LogP contribution in [0.3, 0.4) is 0 Å². The van der Waals surface area contributed by atoms with Gasteiger partial charge in [-0.05, 0) is 55.3 Å². The van der Waals surface area contributed by atoms with Gasteiger partial charge in [-0.15, -0.1) is 0 Å². The molecule has 1 aliphatic rings. The maximum Gasteiger partial charge on any atom is 0.416 e. The lowest BCUT2D eigenvalue weighted by molar-refractivity contribution is -0.137. The molecule has 0 aromatic heterocycles. The second-order valence-corrected chi connectivity index (χ2v) is 7.38. The molecular weight excluding hydrogens is 421 g/mol. The Bertz CT molecular complexity index is 924. The van der Waals surface area contributed by atoms with Gasteiger partial charge in [0.2, 0.25) is 5.91 Å². The summed E-state index contributed by atoms with van der Waals surface area (Å²) in [5.74, 6) is -0.323. The van der Waals surface area contributed by atoms with Gasteiger partial charge < -0.3 is 15.0 Å². The molecule has 1 N–H and O–H groups in total. The Morgan fingerprint density at radius 1 is 1.10 bits per heavy atom. The highest BCUT2D eigenvalue weighted by molar-refractivity contribution is 6.33. The second kappa shape index (κ2) is 8.95. The monoisotopic (exact) mass is 440 g/mol. The van der Waals surface area contributed by atoms with E-state index in [-0.39, 0.29) is 16.6 Å². The topological polar surface area (TPSA) is 58.6 Å². The third-order valence-electron chi connectivity index (χ3n) is 5.04. The molecule has 0 saturated carbocycles. The van der Waals surface area contributed by atoms with E-state index < -0.39 is 23.6 Å². The van der Waals surface area contributed by atoms with Crippen molar-refractivity contribution in [1.82, 2.24) is 4.90 Å². The van der Waals surface area contributed by atoms with Crippen molar-refractivity contribution in [2.45, 2.75) is 19.0 Å². The molecule has 9 heteroatoms. The van der Waals surface area contributed by atoms with Crippen LogP contribution in [0.4, 0.5) is 18.9 Å². The normalized spacial score (nSPS) is 15.0. The lowest BCUT2D eigenvalue weighted by Crippen LogP contribution is -2.41. The minimum atomic E-state index is -4.53. The molecule has 0 spiro atoms. The number of piperidine rings is 1. The molecule has 2 amide bonds. The number of nitrogens with zero attached hydrogens (tertiary/aromatic N) is 1. The molecule has 5 nitrogen and oxygen atoms in total. The fourth-order valence-corrected chi connectivity index (χ4v) is 3.46. The van der Waals surface area contributed by atoms with E-state index >= 15 is 0 Å². The smallest absolute Gasteiger partial charge is 0.416 e. The van der Waals surface area contributed by atoms with Crippen molar-refractivity contribution in [2.75, 3.05) is 25.5 Å². The lowest BCUT2D eigenvalue weighted by Gasteiger charge is -2.31. The zero-order chi connectivity index (χ0) is 21.9. The van der Waals surface area contributed by atoms with Crippen molar-refractivity contribution in [3.05, 3.63) is 58.6 Å². The summed E-state index contributed by atoms with van der Waals surface area (Å²) in [5.41, 5.74) is -0.440. The quantitative estimate of drug-likeness (QED) is 0.738. The van der Waals surface area contributed by atoms with Crippen LogP contribution in [-0.4, -0.2) is 36.9 Å². The number of likely N-dealkylation sites (tertiary alicyclic amines) is 1. The van der Waals surface area contributed by atoms with Gasteiger partial charge in [0, 0.05) is 24.6 Å². The van der Waals surface area contributed by atoms with Crippen LogP contribution in [0.1, 0.15) is 28.8 Å². The highest BCUT2D eigenvalue weighted by Gasteiger charge is 2.32. The SMILES string of the molecule is COc1ccc(C(=O)N2CCC(C(=O)Nc3cc(C(F)(F)F)ccc3Cl)CC2)cc1. The number of alkyl halides is 3. The van der Waals surface area contributed by atoms with E-state index in [2.05, 4.69) is 5.32 Å². The van der Waals surface area contributed by atoms with E-state index in [1.807, 2.05) is 0 Å². The molecule has 0 aliphatic carbocycles. The molecule has 3 rings (SSSR count). The highest BCUT2D eigenvalue weighted by Crippen LogP contribution is 2.34. The van der Waals surface area contributed by atoms with Gasteiger partial charge in [-0.25, -0.2) is 0 Å². The van der Waals surface area contributed by atoms with Gasteiger partial charge in [0.1, 0.15) is 5.75 Å². The number of hydrogen-bond donors (Lipinski definition) is 1. The fourth-order valence-electron chi connectivity index (χ4n) is 3.29. The maximum absolute atomic E-state index is 12.9. The fraction of sp³-hybridized carbons (Fsp3) is 0.333. The van der Waals surface area contributed by atoms with Crippen LogP contribution >= 0.6 is 11.6 Å². The van der Waals surface area contributed by atoms with Crippen molar-refractivity contribution in [3.63, 3.8) is 0 Å². The Morgan fingerprint density at radius 2 is 1.73 bits per heavy atom. The number of amides is 2. The van der Waals surface area contributed by atoms with Crippen molar-refractivity contribution >= 4 is 29.1 Å². The van der Waals surface area contributed by atoms with Gasteiger partial charge in [-0.2, -0.15) is 13.2 Å². The molecule has 0 atom stereocenters. The van der Waals surface area contributed by atoms with Gasteiger partial charge in [0.25, 0.3) is 5.91 Å². The Hall–Kier alpha value is -2.74. The number of benzene rings is 2. The predicted molar refractivity (Wildman–Crippen MR) is 107 cm³/mol. The summed E-state index contributed by atoms with van der Waals surface area (Å²) in [5, 5.41) is 2.52. The number of methoxy groups -OCH3 is 1. The molecule has 2 aromatic carbocycles. The molecule has 0 radical (unpaired) electrons. The third-order valence-corrected chi connectivity index (χ3v) is 5.37. The molecule has 160 valence electrons. The second-order valence-electron chi connectivity index (χ2n) is 6.98. The first-order valence-electron chi connectivity index (χ1n) is 9.30. The third kappa shape index (κ3) is 5.05. The first-order valence-corrected chi connectivity index (χ1v) is 9.68. The van der Waals surface area contributed by atoms with Gasteiger partial charge in [0.05, 0.1) is 23.4 Å². The van der Waals surface area contributed by atoms with Crippen LogP contribution in [0, 0.1) is 5.92 Å². The number of carbonyl (C=O) groups excluding carboxylic acids is 2. The van der Waals surface area contributed by atoms with E-state index in [1.165, 1.54) is 0 Å². The van der Waals surface area contributed by atoms with Crippen LogP contribution in [-0.2, 0) is 11.0 Å². The molecule has 1 aliphatic heterocycles. The molecule has 1 heterocycles. The molecule has 0 unspecified atom stereocenters. The van der Waals surface area contributed by atoms with Crippen molar-refractivity contribution in [3.8, 4) is 5.75 Å². The molecule has 2 aromatic rings. The first kappa shape index (κ1) is 22.0. The number of carbonyl (C=O) groups is 2. The average molecular weight is 441 g/mol. The standard InChI is InChI=1S/C21H20ClF3N2O3/c1-30-16-5-2-14(3-6-16)20(29)27-10-8-13(9-11-27)19(28)26-18-12-15(21(23,24)25)4-7-17(18)22/h2-7,12-13H,8-11H2,1H3,(H,26,28). The van der Waals surface area contributed by atoms with Crippen LogP contribution < -0.4 is 10.1 Å². The number of halogens is 4. The largest absolute Gasteiger partial charge is 0.497 e. The zero-order valence-electron chi connectivity index (χ0n) is 16.1. The molecule has 1 saturated heterocycles. The number of rotatable bonds is 4. The van der Waals surface area contributed by atoms with E-state index in [9.17, 15) is 22.8 Å². The summed E-state index contributed by atoms with van der Waals surface area (Å²) in [4.78, 5) is 26.8. The number of anilines is 1. The number of hydrogen-bond acceptors (Lipinski definition) is 3. The molecular formula is C21H20ClF3N2O3. The predicted octanol–water partition coefficient (Wildman–Crippen LogP) is 4.86. The summed E-state index contributed by atoms with van der Waals surface area (Å²) >= 11 is 5.94. The Kier molecular flexibility index (Phi) is 6.55. The number of nitrogens with one attached hydrogen (secondary N) is 1. The van der Waals surface area contributed by atoms with Crippen molar-refractivity contribution in [2.24, 2.45) is 5.92 Å². The zero-order valence-corrected chi connectivity index (χ0v) is 16.9. The summed E-state index contributed by atoms with van der Waals surface area (Å²) < 4.78 is 43.8. The molecule has 1 fully saturated rings. The van der Waals surface area contributed by atoms with Crippen molar-refractivity contribution in [1.29, 1.82) is 0 Å². The van der Waals surface area contributed by atoms with Crippen LogP contribution in [0.15, 0.2) is 42.5 Å². The molecule has 30 heavy (non-hydrogen) atoms. The minimum absolute atomic E-state index is 0.0310. The summed E-state index contributed by atoms with van der Waals surface area (Å²) in [6, 6.07) is 9.55.